The van der Waals surface area contributed by atoms with Crippen molar-refractivity contribution in [1.82, 2.24) is 0 Å². The first kappa shape index (κ1) is 12.1. The molecule has 0 bridgehead atoms. The normalized spacial score (nSPS) is 32.4. The molecule has 0 saturated heterocycles. The average molecular weight is 196 g/mol. The first-order valence-electron chi connectivity index (χ1n) is 6.79. The summed E-state index contributed by atoms with van der Waals surface area (Å²) in [5.41, 5.74) is 0. The Bertz CT molecular complexity index is 137. The van der Waals surface area contributed by atoms with Gasteiger partial charge in [-0.15, -0.1) is 0 Å². The molecule has 0 heterocycles. The molecule has 0 heteroatoms. The monoisotopic (exact) mass is 196 g/mol. The molecule has 0 aromatic carbocycles. The van der Waals surface area contributed by atoms with E-state index in [1.807, 2.05) is 0 Å². The number of unbranched alkanes of at least 4 members (excludes halogenated alkanes) is 2. The molecule has 0 spiro atoms. The van der Waals surface area contributed by atoms with E-state index in [-0.39, 0.29) is 0 Å². The Morgan fingerprint density at radius 3 is 2.36 bits per heavy atom. The van der Waals surface area contributed by atoms with Gasteiger partial charge in [0.1, 0.15) is 0 Å². The molecule has 0 aliphatic heterocycles. The van der Waals surface area contributed by atoms with Crippen molar-refractivity contribution in [3.63, 3.8) is 0 Å². The van der Waals surface area contributed by atoms with E-state index < -0.39 is 0 Å². The van der Waals surface area contributed by atoms with Gasteiger partial charge in [0, 0.05) is 0 Å². The van der Waals surface area contributed by atoms with Crippen LogP contribution >= 0.6 is 0 Å². The Kier molecular flexibility index (Phi) is 5.59. The molecule has 14 heavy (non-hydrogen) atoms. The fourth-order valence-corrected chi connectivity index (χ4v) is 3.25. The Morgan fingerprint density at radius 1 is 0.929 bits per heavy atom. The van der Waals surface area contributed by atoms with Crippen LogP contribution in [0.15, 0.2) is 0 Å². The first-order chi connectivity index (χ1) is 6.79. The maximum absolute atomic E-state index is 2.48. The Hall–Kier alpha value is 0. The lowest BCUT2D eigenvalue weighted by molar-refractivity contribution is 0.282. The van der Waals surface area contributed by atoms with E-state index in [0.717, 1.165) is 17.8 Å². The van der Waals surface area contributed by atoms with Crippen LogP contribution in [0.5, 0.6) is 0 Å². The highest BCUT2D eigenvalue weighted by Crippen LogP contribution is 2.42. The third-order valence-corrected chi connectivity index (χ3v) is 4.13. The molecule has 0 nitrogen and oxygen atoms in total. The SMILES string of the molecule is CCCCCC1C(C)CCC1CCC. The Labute approximate surface area is 90.5 Å². The van der Waals surface area contributed by atoms with Gasteiger partial charge in [0.25, 0.3) is 0 Å². The molecule has 0 amide bonds. The molecule has 1 aliphatic rings. The molecule has 0 radical (unpaired) electrons. The predicted molar refractivity (Wildman–Crippen MR) is 64.4 cm³/mol. The van der Waals surface area contributed by atoms with Gasteiger partial charge in [-0.05, 0) is 30.6 Å². The van der Waals surface area contributed by atoms with Crippen molar-refractivity contribution in [3.8, 4) is 0 Å². The summed E-state index contributed by atoms with van der Waals surface area (Å²) in [6.07, 6.45) is 11.7. The quantitative estimate of drug-likeness (QED) is 0.523. The van der Waals surface area contributed by atoms with Crippen LogP contribution in [0.4, 0.5) is 0 Å². The summed E-state index contributed by atoms with van der Waals surface area (Å²) in [5.74, 6) is 3.16. The van der Waals surface area contributed by atoms with Gasteiger partial charge in [-0.2, -0.15) is 0 Å². The Morgan fingerprint density at radius 2 is 1.71 bits per heavy atom. The summed E-state index contributed by atoms with van der Waals surface area (Å²) in [4.78, 5) is 0. The van der Waals surface area contributed by atoms with E-state index in [2.05, 4.69) is 20.8 Å². The molecular weight excluding hydrogens is 168 g/mol. The third-order valence-electron chi connectivity index (χ3n) is 4.13. The van der Waals surface area contributed by atoms with Crippen LogP contribution in [0.25, 0.3) is 0 Å². The van der Waals surface area contributed by atoms with E-state index in [1.54, 1.807) is 0 Å². The zero-order chi connectivity index (χ0) is 10.4. The largest absolute Gasteiger partial charge is 0.0654 e. The topological polar surface area (TPSA) is 0 Å². The van der Waals surface area contributed by atoms with Gasteiger partial charge in [0.05, 0.1) is 0 Å². The summed E-state index contributed by atoms with van der Waals surface area (Å²) in [6, 6.07) is 0. The van der Waals surface area contributed by atoms with E-state index >= 15 is 0 Å². The van der Waals surface area contributed by atoms with Gasteiger partial charge in [0.15, 0.2) is 0 Å². The van der Waals surface area contributed by atoms with E-state index in [0.29, 0.717) is 0 Å². The van der Waals surface area contributed by atoms with Crippen molar-refractivity contribution >= 4 is 0 Å². The van der Waals surface area contributed by atoms with E-state index in [1.165, 1.54) is 51.4 Å². The van der Waals surface area contributed by atoms with Gasteiger partial charge >= 0.3 is 0 Å². The molecule has 1 saturated carbocycles. The van der Waals surface area contributed by atoms with Crippen LogP contribution in [-0.4, -0.2) is 0 Å². The lowest BCUT2D eigenvalue weighted by atomic mass is 9.83. The number of hydrogen-bond donors (Lipinski definition) is 0. The second-order valence-corrected chi connectivity index (χ2v) is 5.26. The van der Waals surface area contributed by atoms with Crippen LogP contribution in [0, 0.1) is 17.8 Å². The smallest absolute Gasteiger partial charge is 0.0360 e. The minimum absolute atomic E-state index is 1.02. The summed E-state index contributed by atoms with van der Waals surface area (Å²) in [7, 11) is 0. The van der Waals surface area contributed by atoms with Gasteiger partial charge < -0.3 is 0 Å². The fourth-order valence-electron chi connectivity index (χ4n) is 3.25. The van der Waals surface area contributed by atoms with Crippen molar-refractivity contribution in [2.45, 2.75) is 72.1 Å². The molecule has 3 atom stereocenters. The minimum Gasteiger partial charge on any atom is -0.0654 e. The van der Waals surface area contributed by atoms with Crippen molar-refractivity contribution in [3.05, 3.63) is 0 Å². The molecule has 1 rings (SSSR count). The zero-order valence-corrected chi connectivity index (χ0v) is 10.4. The predicted octanol–water partition coefficient (Wildman–Crippen LogP) is 5.03. The molecule has 84 valence electrons. The van der Waals surface area contributed by atoms with Gasteiger partial charge in [-0.25, -0.2) is 0 Å². The summed E-state index contributed by atoms with van der Waals surface area (Å²) < 4.78 is 0. The van der Waals surface area contributed by atoms with Gasteiger partial charge in [0.2, 0.25) is 0 Å². The maximum Gasteiger partial charge on any atom is -0.0360 e. The van der Waals surface area contributed by atoms with Crippen molar-refractivity contribution < 1.29 is 0 Å². The highest BCUT2D eigenvalue weighted by molar-refractivity contribution is 4.82. The van der Waals surface area contributed by atoms with E-state index in [4.69, 9.17) is 0 Å². The highest BCUT2D eigenvalue weighted by atomic mass is 14.4. The molecule has 0 aromatic rings. The minimum atomic E-state index is 1.02. The van der Waals surface area contributed by atoms with Crippen LogP contribution in [0.3, 0.4) is 0 Å². The summed E-state index contributed by atoms with van der Waals surface area (Å²) >= 11 is 0. The number of hydrogen-bond acceptors (Lipinski definition) is 0. The standard InChI is InChI=1S/C14H28/c1-4-6-7-9-14-12(3)10-11-13(14)8-5-2/h12-14H,4-11H2,1-3H3. The third kappa shape index (κ3) is 3.29. The van der Waals surface area contributed by atoms with Crippen LogP contribution < -0.4 is 0 Å². The van der Waals surface area contributed by atoms with Gasteiger partial charge in [-0.1, -0.05) is 59.3 Å². The van der Waals surface area contributed by atoms with E-state index in [9.17, 15) is 0 Å². The molecule has 0 N–H and O–H groups in total. The lowest BCUT2D eigenvalue weighted by Crippen LogP contribution is -2.13. The van der Waals surface area contributed by atoms with Crippen LogP contribution in [-0.2, 0) is 0 Å². The summed E-state index contributed by atoms with van der Waals surface area (Å²) in [6.45, 7) is 7.12. The van der Waals surface area contributed by atoms with Crippen LogP contribution in [0.2, 0.25) is 0 Å². The molecule has 3 unspecified atom stereocenters. The maximum atomic E-state index is 2.48. The average Bonchev–Trinajstić information content (AvgIpc) is 2.50. The second kappa shape index (κ2) is 6.48. The second-order valence-electron chi connectivity index (χ2n) is 5.26. The number of rotatable bonds is 6. The van der Waals surface area contributed by atoms with Crippen molar-refractivity contribution in [2.24, 2.45) is 17.8 Å². The van der Waals surface area contributed by atoms with Gasteiger partial charge in [-0.3, -0.25) is 0 Å². The zero-order valence-electron chi connectivity index (χ0n) is 10.4. The van der Waals surface area contributed by atoms with Crippen LogP contribution in [0.1, 0.15) is 72.1 Å². The molecule has 0 aromatic heterocycles. The van der Waals surface area contributed by atoms with Crippen molar-refractivity contribution in [2.75, 3.05) is 0 Å². The molecule has 1 aliphatic carbocycles. The molecular formula is C14H28. The Balaban J connectivity index is 2.29. The first-order valence-corrected chi connectivity index (χ1v) is 6.79. The highest BCUT2D eigenvalue weighted by Gasteiger charge is 2.31. The fraction of sp³-hybridized carbons (Fsp3) is 1.00. The lowest BCUT2D eigenvalue weighted by Gasteiger charge is -2.22. The summed E-state index contributed by atoms with van der Waals surface area (Å²) in [5, 5.41) is 0. The molecule has 1 fully saturated rings. The van der Waals surface area contributed by atoms with Crippen molar-refractivity contribution in [1.29, 1.82) is 0 Å².